The molecule has 0 saturated carbocycles. The molecule has 3 nitrogen and oxygen atoms in total. The molecular formula is C13H13ClNO2S+. The highest BCUT2D eigenvalue weighted by Crippen LogP contribution is 2.18. The number of benzene rings is 1. The second-order valence-corrected chi connectivity index (χ2v) is 5.64. The molecule has 0 saturated heterocycles. The third-order valence-corrected chi connectivity index (χ3v) is 4.39. The van der Waals surface area contributed by atoms with E-state index in [4.69, 9.17) is 16.7 Å². The van der Waals surface area contributed by atoms with Crippen LogP contribution in [0.3, 0.4) is 0 Å². The number of carboxylic acids is 1. The monoisotopic (exact) mass is 282 g/mol. The summed E-state index contributed by atoms with van der Waals surface area (Å²) in [4.78, 5) is 13.1. The second-order valence-electron chi connectivity index (χ2n) is 4.09. The molecule has 1 atom stereocenters. The Labute approximate surface area is 114 Å². The van der Waals surface area contributed by atoms with Crippen LogP contribution in [0.25, 0.3) is 0 Å². The fourth-order valence-electron chi connectivity index (χ4n) is 1.85. The lowest BCUT2D eigenvalue weighted by Gasteiger charge is -2.00. The summed E-state index contributed by atoms with van der Waals surface area (Å²) in [7, 11) is 0. The van der Waals surface area contributed by atoms with E-state index >= 15 is 0 Å². The molecule has 0 aliphatic carbocycles. The van der Waals surface area contributed by atoms with Crippen LogP contribution in [0.4, 0.5) is 0 Å². The van der Waals surface area contributed by atoms with Crippen molar-refractivity contribution in [2.24, 2.45) is 0 Å². The Morgan fingerprint density at radius 2 is 2.00 bits per heavy atom. The predicted molar refractivity (Wildman–Crippen MR) is 75.0 cm³/mol. The van der Waals surface area contributed by atoms with Gasteiger partial charge in [0.05, 0.1) is 0 Å². The average Bonchev–Trinajstić information content (AvgIpc) is 2.60. The lowest BCUT2D eigenvalue weighted by atomic mass is 10.1. The van der Waals surface area contributed by atoms with Gasteiger partial charge in [0.15, 0.2) is 0 Å². The Morgan fingerprint density at radius 3 is 2.50 bits per heavy atom. The summed E-state index contributed by atoms with van der Waals surface area (Å²) in [6, 6.07) is 7.54. The van der Waals surface area contributed by atoms with E-state index in [2.05, 4.69) is 5.32 Å². The summed E-state index contributed by atoms with van der Waals surface area (Å²) in [6.07, 6.45) is 0. The van der Waals surface area contributed by atoms with E-state index in [1.54, 1.807) is 11.4 Å². The number of hydrogen-bond donors (Lipinski definition) is 2. The van der Waals surface area contributed by atoms with E-state index < -0.39 is 5.97 Å². The van der Waals surface area contributed by atoms with Gasteiger partial charge in [-0.2, -0.15) is 0 Å². The number of nitrogens with one attached hydrogen (secondary N) is 1. The van der Waals surface area contributed by atoms with Crippen LogP contribution >= 0.6 is 11.6 Å². The van der Waals surface area contributed by atoms with Crippen LogP contribution in [0.15, 0.2) is 40.4 Å². The van der Waals surface area contributed by atoms with Gasteiger partial charge in [-0.1, -0.05) is 11.6 Å². The van der Waals surface area contributed by atoms with Crippen LogP contribution < -0.4 is 5.32 Å². The maximum absolute atomic E-state index is 11.0. The minimum atomic E-state index is -0.911. The van der Waals surface area contributed by atoms with Gasteiger partial charge < -0.3 is 10.4 Å². The fraction of sp³-hybridized carbons (Fsp3) is 0.231. The lowest BCUT2D eigenvalue weighted by molar-refractivity contribution is -0.133. The maximum atomic E-state index is 11.0. The van der Waals surface area contributed by atoms with Gasteiger partial charge in [0.2, 0.25) is 21.1 Å². The Hall–Kier alpha value is -1.39. The first-order chi connectivity index (χ1) is 8.49. The standard InChI is InChI=1S/C13H12ClNO2S/c1-7-11(13(16)17)15-8(2)12(7)18-10-5-3-9(14)4-6-10/h3-6,8,15H,1-2H3/p+1. The molecule has 0 spiro atoms. The van der Waals surface area contributed by atoms with Crippen LogP contribution in [-0.4, -0.2) is 22.0 Å². The zero-order chi connectivity index (χ0) is 13.3. The van der Waals surface area contributed by atoms with Crippen molar-refractivity contribution in [3.05, 3.63) is 40.6 Å². The van der Waals surface area contributed by atoms with Crippen LogP contribution in [0.1, 0.15) is 13.8 Å². The zero-order valence-corrected chi connectivity index (χ0v) is 11.6. The molecular weight excluding hydrogens is 270 g/mol. The van der Waals surface area contributed by atoms with Crippen molar-refractivity contribution < 1.29 is 9.90 Å². The Balaban J connectivity index is 2.38. The first kappa shape index (κ1) is 13.1. The quantitative estimate of drug-likeness (QED) is 0.646. The molecule has 1 unspecified atom stereocenters. The molecule has 0 amide bonds. The van der Waals surface area contributed by atoms with Gasteiger partial charge in [-0.3, -0.25) is 0 Å². The van der Waals surface area contributed by atoms with Gasteiger partial charge in [-0.05, 0) is 26.0 Å². The molecule has 1 aliphatic heterocycles. The SMILES string of the molecule is CC1=C(C(=O)O)NC(C)C1=[S+]c1ccc(Cl)cc1. The van der Waals surface area contributed by atoms with E-state index in [1.165, 1.54) is 0 Å². The molecule has 2 N–H and O–H groups in total. The molecule has 0 fully saturated rings. The molecule has 1 aromatic carbocycles. The summed E-state index contributed by atoms with van der Waals surface area (Å²) >= 11 is 7.41. The second kappa shape index (κ2) is 5.08. The highest BCUT2D eigenvalue weighted by molar-refractivity contribution is 7.79. The number of aliphatic carboxylic acids is 1. The Kier molecular flexibility index (Phi) is 3.68. The van der Waals surface area contributed by atoms with Gasteiger partial charge in [0.1, 0.15) is 11.7 Å². The third kappa shape index (κ3) is 2.54. The fourth-order valence-corrected chi connectivity index (χ4v) is 3.00. The zero-order valence-electron chi connectivity index (χ0n) is 10.0. The molecule has 0 aromatic heterocycles. The minimum absolute atomic E-state index is 0.0248. The van der Waals surface area contributed by atoms with E-state index in [9.17, 15) is 4.79 Å². The molecule has 1 aliphatic rings. The normalized spacial score (nSPS) is 21.3. The van der Waals surface area contributed by atoms with E-state index in [0.717, 1.165) is 15.3 Å². The summed E-state index contributed by atoms with van der Waals surface area (Å²) in [5.74, 6) is -0.911. The van der Waals surface area contributed by atoms with Gasteiger partial charge in [0, 0.05) is 22.7 Å². The minimum Gasteiger partial charge on any atom is -0.477 e. The maximum Gasteiger partial charge on any atom is 0.352 e. The summed E-state index contributed by atoms with van der Waals surface area (Å²) < 4.78 is 0. The number of hydrogen-bond acceptors (Lipinski definition) is 2. The van der Waals surface area contributed by atoms with Gasteiger partial charge in [-0.15, -0.1) is 0 Å². The molecule has 94 valence electrons. The molecule has 5 heteroatoms. The van der Waals surface area contributed by atoms with Crippen LogP contribution in [0, 0.1) is 0 Å². The number of halogens is 1. The molecule has 18 heavy (non-hydrogen) atoms. The largest absolute Gasteiger partial charge is 0.477 e. The molecule has 0 bridgehead atoms. The Bertz CT molecular complexity index is 549. The third-order valence-electron chi connectivity index (χ3n) is 2.75. The van der Waals surface area contributed by atoms with Gasteiger partial charge in [-0.25, -0.2) is 4.79 Å². The number of carbonyl (C=O) groups is 1. The van der Waals surface area contributed by atoms with Crippen molar-refractivity contribution in [2.45, 2.75) is 24.8 Å². The van der Waals surface area contributed by atoms with Gasteiger partial charge in [0.25, 0.3) is 0 Å². The highest BCUT2D eigenvalue weighted by Gasteiger charge is 2.34. The molecule has 1 aromatic rings. The van der Waals surface area contributed by atoms with Crippen molar-refractivity contribution in [1.29, 1.82) is 0 Å². The first-order valence-electron chi connectivity index (χ1n) is 5.50. The number of rotatable bonds is 2. The smallest absolute Gasteiger partial charge is 0.352 e. The predicted octanol–water partition coefficient (Wildman–Crippen LogP) is 2.30. The lowest BCUT2D eigenvalue weighted by Crippen LogP contribution is -2.27. The summed E-state index contributed by atoms with van der Waals surface area (Å²) in [5, 5.41) is 12.7. The number of carboxylic acid groups (broad SMARTS) is 1. The van der Waals surface area contributed by atoms with Crippen molar-refractivity contribution in [3.63, 3.8) is 0 Å². The first-order valence-corrected chi connectivity index (χ1v) is 6.70. The topological polar surface area (TPSA) is 49.3 Å². The molecule has 1 heterocycles. The average molecular weight is 283 g/mol. The van der Waals surface area contributed by atoms with Crippen molar-refractivity contribution in [2.75, 3.05) is 0 Å². The summed E-state index contributed by atoms with van der Waals surface area (Å²) in [5.41, 5.74) is 1.09. The van der Waals surface area contributed by atoms with E-state index in [1.807, 2.05) is 38.1 Å². The van der Waals surface area contributed by atoms with Crippen LogP contribution in [0.5, 0.6) is 0 Å². The van der Waals surface area contributed by atoms with E-state index in [-0.39, 0.29) is 6.04 Å². The van der Waals surface area contributed by atoms with E-state index in [0.29, 0.717) is 10.7 Å². The van der Waals surface area contributed by atoms with Crippen molar-refractivity contribution in [1.82, 2.24) is 5.32 Å². The van der Waals surface area contributed by atoms with Crippen LogP contribution in [0.2, 0.25) is 5.02 Å². The van der Waals surface area contributed by atoms with Crippen molar-refractivity contribution >= 4 is 33.8 Å². The van der Waals surface area contributed by atoms with Crippen molar-refractivity contribution in [3.8, 4) is 0 Å². The molecule has 0 radical (unpaired) electrons. The summed E-state index contributed by atoms with van der Waals surface area (Å²) in [6.45, 7) is 3.79. The molecule has 2 rings (SSSR count). The van der Waals surface area contributed by atoms with Gasteiger partial charge >= 0.3 is 5.97 Å². The van der Waals surface area contributed by atoms with Crippen LogP contribution in [-0.2, 0) is 16.1 Å². The highest BCUT2D eigenvalue weighted by atomic mass is 35.5. The Morgan fingerprint density at radius 1 is 1.39 bits per heavy atom.